The van der Waals surface area contributed by atoms with Gasteiger partial charge in [-0.3, -0.25) is 9.59 Å². The number of nitrogens with one attached hydrogen (secondary N) is 1. The van der Waals surface area contributed by atoms with Crippen molar-refractivity contribution < 1.29 is 9.59 Å². The van der Waals surface area contributed by atoms with E-state index in [-0.39, 0.29) is 23.3 Å². The fraction of sp³-hybridized carbons (Fsp3) is 0.600. The average Bonchev–Trinajstić information content (AvgIpc) is 3.37. The molecular formula is C20H27N5O2S. The van der Waals surface area contributed by atoms with Crippen molar-refractivity contribution in [2.24, 2.45) is 11.3 Å². The average molecular weight is 402 g/mol. The molecule has 1 saturated heterocycles. The van der Waals surface area contributed by atoms with Crippen LogP contribution in [0.1, 0.15) is 65.7 Å². The van der Waals surface area contributed by atoms with Crippen molar-refractivity contribution in [3.63, 3.8) is 0 Å². The molecule has 0 aromatic carbocycles. The van der Waals surface area contributed by atoms with Crippen LogP contribution in [0.25, 0.3) is 0 Å². The van der Waals surface area contributed by atoms with Crippen molar-refractivity contribution in [3.8, 4) is 0 Å². The molecule has 2 fully saturated rings. The lowest BCUT2D eigenvalue weighted by Gasteiger charge is -2.53. The van der Waals surface area contributed by atoms with Crippen molar-refractivity contribution in [2.75, 3.05) is 19.6 Å². The lowest BCUT2D eigenvalue weighted by Crippen LogP contribution is -2.51. The van der Waals surface area contributed by atoms with Gasteiger partial charge in [-0.2, -0.15) is 0 Å². The minimum Gasteiger partial charge on any atom is -0.350 e. The molecule has 1 atom stereocenters. The van der Waals surface area contributed by atoms with Gasteiger partial charge in [0.15, 0.2) is 5.69 Å². The summed E-state index contributed by atoms with van der Waals surface area (Å²) in [5.41, 5.74) is 0.555. The van der Waals surface area contributed by atoms with E-state index in [9.17, 15) is 9.59 Å². The summed E-state index contributed by atoms with van der Waals surface area (Å²) < 4.78 is 1.88. The molecule has 150 valence electrons. The van der Waals surface area contributed by atoms with E-state index in [1.807, 2.05) is 27.1 Å². The van der Waals surface area contributed by atoms with E-state index in [1.165, 1.54) is 11.3 Å². The smallest absolute Gasteiger partial charge is 0.273 e. The second kappa shape index (κ2) is 7.66. The maximum Gasteiger partial charge on any atom is 0.273 e. The minimum absolute atomic E-state index is 0.144. The molecule has 7 nitrogen and oxygen atoms in total. The molecule has 2 amide bonds. The van der Waals surface area contributed by atoms with Crippen LogP contribution in [0.3, 0.4) is 0 Å². The zero-order chi connectivity index (χ0) is 19.7. The van der Waals surface area contributed by atoms with Crippen molar-refractivity contribution in [1.82, 2.24) is 25.2 Å². The standard InChI is InChI=1S/C20H27N5O2S/c1-14(2)12-21-18(26)15-13-25(23-22-15)17-5-6-20(17)7-9-24(10-8-20)19(27)16-4-3-11-28-16/h3-4,11,13-14,17H,5-10,12H2,1-2H3,(H,21,26). The van der Waals surface area contributed by atoms with Crippen LogP contribution >= 0.6 is 11.3 Å². The molecule has 1 saturated carbocycles. The highest BCUT2D eigenvalue weighted by Gasteiger charge is 2.50. The second-order valence-electron chi connectivity index (χ2n) is 8.37. The molecule has 2 aromatic rings. The lowest BCUT2D eigenvalue weighted by molar-refractivity contribution is -0.0267. The molecule has 1 spiro atoms. The van der Waals surface area contributed by atoms with Crippen LogP contribution in [0.15, 0.2) is 23.7 Å². The van der Waals surface area contributed by atoms with Gasteiger partial charge in [-0.05, 0) is 48.5 Å². The van der Waals surface area contributed by atoms with Gasteiger partial charge in [0.1, 0.15) is 0 Å². The van der Waals surface area contributed by atoms with Gasteiger partial charge in [-0.25, -0.2) is 4.68 Å². The number of rotatable bonds is 5. The van der Waals surface area contributed by atoms with Gasteiger partial charge in [0, 0.05) is 19.6 Å². The first-order chi connectivity index (χ1) is 13.5. The van der Waals surface area contributed by atoms with E-state index in [4.69, 9.17) is 0 Å². The normalized spacial score (nSPS) is 21.0. The number of nitrogens with zero attached hydrogens (tertiary/aromatic N) is 4. The van der Waals surface area contributed by atoms with E-state index in [2.05, 4.69) is 29.5 Å². The Morgan fingerprint density at radius 3 is 2.71 bits per heavy atom. The van der Waals surface area contributed by atoms with Gasteiger partial charge in [0.2, 0.25) is 0 Å². The highest BCUT2D eigenvalue weighted by atomic mass is 32.1. The molecule has 1 N–H and O–H groups in total. The molecule has 2 aliphatic rings. The van der Waals surface area contributed by atoms with Crippen LogP contribution < -0.4 is 5.32 Å². The summed E-state index contributed by atoms with van der Waals surface area (Å²) in [5.74, 6) is 0.381. The molecule has 1 aliphatic carbocycles. The third kappa shape index (κ3) is 3.57. The number of amides is 2. The molecule has 0 radical (unpaired) electrons. The molecule has 4 rings (SSSR count). The zero-order valence-corrected chi connectivity index (χ0v) is 17.2. The highest BCUT2D eigenvalue weighted by Crippen LogP contribution is 2.56. The van der Waals surface area contributed by atoms with Crippen molar-refractivity contribution in [3.05, 3.63) is 34.3 Å². The van der Waals surface area contributed by atoms with Gasteiger partial charge in [0.05, 0.1) is 17.1 Å². The summed E-state index contributed by atoms with van der Waals surface area (Å²) in [4.78, 5) is 27.6. The monoisotopic (exact) mass is 401 g/mol. The minimum atomic E-state index is -0.162. The first kappa shape index (κ1) is 19.1. The Bertz CT molecular complexity index is 837. The zero-order valence-electron chi connectivity index (χ0n) is 16.4. The summed E-state index contributed by atoms with van der Waals surface area (Å²) in [7, 11) is 0. The second-order valence-corrected chi connectivity index (χ2v) is 9.32. The Hall–Kier alpha value is -2.22. The lowest BCUT2D eigenvalue weighted by atomic mass is 9.59. The van der Waals surface area contributed by atoms with E-state index < -0.39 is 0 Å². The SMILES string of the molecule is CC(C)CNC(=O)c1cn(C2CCC23CCN(C(=O)c2cccs2)CC3)nn1. The van der Waals surface area contributed by atoms with Crippen LogP contribution in [0.2, 0.25) is 0 Å². The summed E-state index contributed by atoms with van der Waals surface area (Å²) >= 11 is 1.50. The molecule has 1 aliphatic heterocycles. The number of hydrogen-bond donors (Lipinski definition) is 1. The molecule has 1 unspecified atom stereocenters. The van der Waals surface area contributed by atoms with E-state index >= 15 is 0 Å². The maximum absolute atomic E-state index is 12.6. The third-order valence-corrected chi connectivity index (χ3v) is 6.99. The van der Waals surface area contributed by atoms with Crippen molar-refractivity contribution in [1.29, 1.82) is 0 Å². The number of carbonyl (C=O) groups is 2. The third-order valence-electron chi connectivity index (χ3n) is 6.13. The fourth-order valence-corrected chi connectivity index (χ4v) is 5.00. The fourth-order valence-electron chi connectivity index (χ4n) is 4.31. The van der Waals surface area contributed by atoms with E-state index in [0.717, 1.165) is 43.6 Å². The van der Waals surface area contributed by atoms with Gasteiger partial charge >= 0.3 is 0 Å². The van der Waals surface area contributed by atoms with Crippen LogP contribution in [-0.4, -0.2) is 51.3 Å². The Morgan fingerprint density at radius 2 is 2.11 bits per heavy atom. The van der Waals surface area contributed by atoms with Gasteiger partial charge in [-0.1, -0.05) is 25.1 Å². The Morgan fingerprint density at radius 1 is 1.32 bits per heavy atom. The Balaban J connectivity index is 1.38. The van der Waals surface area contributed by atoms with Crippen LogP contribution in [0.4, 0.5) is 0 Å². The molecule has 0 bridgehead atoms. The summed E-state index contributed by atoms with van der Waals surface area (Å²) in [6.45, 7) is 6.32. The van der Waals surface area contributed by atoms with Gasteiger partial charge < -0.3 is 10.2 Å². The van der Waals surface area contributed by atoms with Crippen LogP contribution in [0, 0.1) is 11.3 Å². The number of likely N-dealkylation sites (tertiary alicyclic amines) is 1. The maximum atomic E-state index is 12.6. The molecule has 8 heteroatoms. The molecule has 28 heavy (non-hydrogen) atoms. The Kier molecular flexibility index (Phi) is 5.23. The first-order valence-corrected chi connectivity index (χ1v) is 10.9. The van der Waals surface area contributed by atoms with E-state index in [1.54, 1.807) is 6.20 Å². The quantitative estimate of drug-likeness (QED) is 0.835. The van der Waals surface area contributed by atoms with Crippen molar-refractivity contribution >= 4 is 23.2 Å². The predicted octanol–water partition coefficient (Wildman–Crippen LogP) is 2.98. The number of hydrogen-bond acceptors (Lipinski definition) is 5. The summed E-state index contributed by atoms with van der Waals surface area (Å²) in [6, 6.07) is 4.08. The van der Waals surface area contributed by atoms with Gasteiger partial charge in [0.25, 0.3) is 11.8 Å². The van der Waals surface area contributed by atoms with Crippen LogP contribution in [0.5, 0.6) is 0 Å². The molecule has 3 heterocycles. The van der Waals surface area contributed by atoms with Crippen LogP contribution in [-0.2, 0) is 0 Å². The topological polar surface area (TPSA) is 80.1 Å². The summed E-state index contributed by atoms with van der Waals surface area (Å²) in [5, 5.41) is 13.2. The number of piperidine rings is 1. The van der Waals surface area contributed by atoms with E-state index in [0.29, 0.717) is 18.2 Å². The number of aromatic nitrogens is 3. The van der Waals surface area contributed by atoms with Gasteiger partial charge in [-0.15, -0.1) is 16.4 Å². The predicted molar refractivity (Wildman–Crippen MR) is 107 cm³/mol. The number of thiophene rings is 1. The van der Waals surface area contributed by atoms with Crippen molar-refractivity contribution in [2.45, 2.75) is 45.6 Å². The molecular weight excluding hydrogens is 374 g/mol. The molecule has 2 aromatic heterocycles. The highest BCUT2D eigenvalue weighted by molar-refractivity contribution is 7.12. The Labute approximate surface area is 169 Å². The largest absolute Gasteiger partial charge is 0.350 e. The number of carbonyl (C=O) groups excluding carboxylic acids is 2. The first-order valence-electron chi connectivity index (χ1n) is 10.0. The summed E-state index contributed by atoms with van der Waals surface area (Å²) in [6.07, 6.45) is 5.93.